The molecule has 0 aliphatic carbocycles. The van der Waals surface area contributed by atoms with Gasteiger partial charge in [0.15, 0.2) is 5.76 Å². The van der Waals surface area contributed by atoms with E-state index in [1.165, 1.54) is 5.56 Å². The zero-order valence-electron chi connectivity index (χ0n) is 16.8. The monoisotopic (exact) mass is 385 g/mol. The van der Waals surface area contributed by atoms with Gasteiger partial charge in [-0.25, -0.2) is 0 Å². The molecule has 3 aromatic rings. The van der Waals surface area contributed by atoms with Gasteiger partial charge in [0, 0.05) is 25.8 Å². The molecular formula is C25H23NO3. The fourth-order valence-corrected chi connectivity index (χ4v) is 3.13. The predicted molar refractivity (Wildman–Crippen MR) is 116 cm³/mol. The largest absolute Gasteiger partial charge is 0.489 e. The summed E-state index contributed by atoms with van der Waals surface area (Å²) < 4.78 is 11.7. The van der Waals surface area contributed by atoms with Crippen LogP contribution < -0.4 is 14.4 Å². The van der Waals surface area contributed by atoms with Gasteiger partial charge in [0.1, 0.15) is 18.1 Å². The Morgan fingerprint density at radius 3 is 2.38 bits per heavy atom. The van der Waals surface area contributed by atoms with Crippen molar-refractivity contribution in [1.29, 1.82) is 0 Å². The molecule has 0 aromatic heterocycles. The maximum atomic E-state index is 12.7. The van der Waals surface area contributed by atoms with Gasteiger partial charge in [-0.3, -0.25) is 4.79 Å². The van der Waals surface area contributed by atoms with Crippen molar-refractivity contribution < 1.29 is 14.3 Å². The number of hydrogen-bond donors (Lipinski definition) is 0. The highest BCUT2D eigenvalue weighted by Gasteiger charge is 2.27. The number of carbonyl (C=O) groups excluding carboxylic acids is 1. The van der Waals surface area contributed by atoms with E-state index < -0.39 is 0 Å². The quantitative estimate of drug-likeness (QED) is 0.562. The number of fused-ring (bicyclic) bond motifs is 1. The van der Waals surface area contributed by atoms with Crippen molar-refractivity contribution in [1.82, 2.24) is 0 Å². The number of carbonyl (C=O) groups is 1. The van der Waals surface area contributed by atoms with Gasteiger partial charge in [0.25, 0.3) is 0 Å². The van der Waals surface area contributed by atoms with Crippen molar-refractivity contribution in [3.05, 3.63) is 94.7 Å². The van der Waals surface area contributed by atoms with Crippen LogP contribution in [0.25, 0.3) is 6.08 Å². The Labute approximate surface area is 171 Å². The van der Waals surface area contributed by atoms with Crippen LogP contribution in [0.4, 0.5) is 5.69 Å². The fraction of sp³-hybridized carbons (Fsp3) is 0.160. The van der Waals surface area contributed by atoms with E-state index in [1.807, 2.05) is 61.5 Å². The summed E-state index contributed by atoms with van der Waals surface area (Å²) >= 11 is 0. The zero-order chi connectivity index (χ0) is 20.4. The third kappa shape index (κ3) is 4.16. The number of Topliss-reactive ketones (excluding diaryl/α,β-unsaturated/α-hetero) is 1. The summed E-state index contributed by atoms with van der Waals surface area (Å²) in [7, 11) is 3.98. The zero-order valence-corrected chi connectivity index (χ0v) is 16.8. The Kier molecular flexibility index (Phi) is 5.09. The van der Waals surface area contributed by atoms with Crippen molar-refractivity contribution in [3.63, 3.8) is 0 Å². The molecule has 1 heterocycles. The van der Waals surface area contributed by atoms with Crippen molar-refractivity contribution >= 4 is 17.5 Å². The summed E-state index contributed by atoms with van der Waals surface area (Å²) in [5.41, 5.74) is 4.89. The normalized spacial score (nSPS) is 13.9. The molecule has 0 saturated heterocycles. The minimum absolute atomic E-state index is 0.109. The first kappa shape index (κ1) is 18.8. The number of benzene rings is 3. The Balaban J connectivity index is 1.48. The molecule has 4 nitrogen and oxygen atoms in total. The van der Waals surface area contributed by atoms with Gasteiger partial charge in [0.05, 0.1) is 5.56 Å². The van der Waals surface area contributed by atoms with Gasteiger partial charge in [-0.1, -0.05) is 42.0 Å². The molecule has 0 radical (unpaired) electrons. The van der Waals surface area contributed by atoms with Gasteiger partial charge in [-0.05, 0) is 48.4 Å². The van der Waals surface area contributed by atoms with Crippen molar-refractivity contribution in [3.8, 4) is 11.5 Å². The first-order valence-electron chi connectivity index (χ1n) is 9.53. The topological polar surface area (TPSA) is 38.8 Å². The van der Waals surface area contributed by atoms with Crippen LogP contribution in [0.15, 0.2) is 72.5 Å². The second kappa shape index (κ2) is 7.84. The van der Waals surface area contributed by atoms with E-state index in [2.05, 4.69) is 19.1 Å². The predicted octanol–water partition coefficient (Wildman–Crippen LogP) is 5.26. The van der Waals surface area contributed by atoms with Crippen LogP contribution in [0.5, 0.6) is 11.5 Å². The van der Waals surface area contributed by atoms with E-state index in [0.29, 0.717) is 29.4 Å². The summed E-state index contributed by atoms with van der Waals surface area (Å²) in [4.78, 5) is 14.7. The number of anilines is 1. The molecule has 0 fully saturated rings. The average molecular weight is 385 g/mol. The van der Waals surface area contributed by atoms with E-state index in [1.54, 1.807) is 18.2 Å². The molecule has 29 heavy (non-hydrogen) atoms. The summed E-state index contributed by atoms with van der Waals surface area (Å²) in [6.07, 6.45) is 1.77. The molecule has 0 N–H and O–H groups in total. The Bertz CT molecular complexity index is 1060. The standard InChI is InChI=1S/C25H23NO3/c1-17-4-6-19(7-5-17)16-28-21-12-13-22-23(15-21)29-24(25(22)27)14-18-8-10-20(11-9-18)26(2)3/h4-15H,16H2,1-3H3/b24-14-. The van der Waals surface area contributed by atoms with Gasteiger partial charge >= 0.3 is 0 Å². The molecule has 146 valence electrons. The molecule has 0 spiro atoms. The molecule has 0 bridgehead atoms. The number of aryl methyl sites for hydroxylation is 1. The van der Waals surface area contributed by atoms with Crippen LogP contribution in [0, 0.1) is 6.92 Å². The van der Waals surface area contributed by atoms with E-state index in [9.17, 15) is 4.79 Å². The van der Waals surface area contributed by atoms with Gasteiger partial charge < -0.3 is 14.4 Å². The number of hydrogen-bond acceptors (Lipinski definition) is 4. The summed E-state index contributed by atoms with van der Waals surface area (Å²) in [6.45, 7) is 2.52. The lowest BCUT2D eigenvalue weighted by Gasteiger charge is -2.11. The average Bonchev–Trinajstić information content (AvgIpc) is 3.03. The maximum absolute atomic E-state index is 12.7. The van der Waals surface area contributed by atoms with Crippen molar-refractivity contribution in [2.24, 2.45) is 0 Å². The smallest absolute Gasteiger partial charge is 0.231 e. The Morgan fingerprint density at radius 2 is 1.69 bits per heavy atom. The minimum atomic E-state index is -0.109. The fourth-order valence-electron chi connectivity index (χ4n) is 3.13. The highest BCUT2D eigenvalue weighted by atomic mass is 16.5. The van der Waals surface area contributed by atoms with Crippen LogP contribution in [0.2, 0.25) is 0 Å². The number of allylic oxidation sites excluding steroid dienone is 1. The molecule has 1 aliphatic rings. The number of nitrogens with zero attached hydrogens (tertiary/aromatic N) is 1. The highest BCUT2D eigenvalue weighted by molar-refractivity contribution is 6.14. The summed E-state index contributed by atoms with van der Waals surface area (Å²) in [5.74, 6) is 1.43. The van der Waals surface area contributed by atoms with Crippen LogP contribution in [-0.2, 0) is 6.61 Å². The van der Waals surface area contributed by atoms with Crippen LogP contribution in [-0.4, -0.2) is 19.9 Å². The first-order valence-corrected chi connectivity index (χ1v) is 9.53. The van der Waals surface area contributed by atoms with E-state index in [4.69, 9.17) is 9.47 Å². The number of ether oxygens (including phenoxy) is 2. The van der Waals surface area contributed by atoms with Crippen molar-refractivity contribution in [2.75, 3.05) is 19.0 Å². The van der Waals surface area contributed by atoms with E-state index in [-0.39, 0.29) is 5.78 Å². The third-order valence-corrected chi connectivity index (χ3v) is 4.87. The third-order valence-electron chi connectivity index (χ3n) is 4.87. The van der Waals surface area contributed by atoms with Gasteiger partial charge in [-0.2, -0.15) is 0 Å². The molecule has 0 unspecified atom stereocenters. The Morgan fingerprint density at radius 1 is 0.966 bits per heavy atom. The molecule has 0 saturated carbocycles. The van der Waals surface area contributed by atoms with Crippen molar-refractivity contribution in [2.45, 2.75) is 13.5 Å². The molecule has 0 atom stereocenters. The SMILES string of the molecule is Cc1ccc(COc2ccc3c(c2)O/C(=C\c2ccc(N(C)C)cc2)C3=O)cc1. The lowest BCUT2D eigenvalue weighted by Crippen LogP contribution is -2.08. The molecule has 4 heteroatoms. The second-order valence-corrected chi connectivity index (χ2v) is 7.36. The molecular weight excluding hydrogens is 362 g/mol. The van der Waals surface area contributed by atoms with Crippen LogP contribution >= 0.6 is 0 Å². The minimum Gasteiger partial charge on any atom is -0.489 e. The van der Waals surface area contributed by atoms with E-state index >= 15 is 0 Å². The highest BCUT2D eigenvalue weighted by Crippen LogP contribution is 2.35. The van der Waals surface area contributed by atoms with Crippen LogP contribution in [0.3, 0.4) is 0 Å². The van der Waals surface area contributed by atoms with E-state index in [0.717, 1.165) is 16.8 Å². The molecule has 0 amide bonds. The molecule has 3 aromatic carbocycles. The van der Waals surface area contributed by atoms with Gasteiger partial charge in [-0.15, -0.1) is 0 Å². The maximum Gasteiger partial charge on any atom is 0.231 e. The molecule has 1 aliphatic heterocycles. The number of ketones is 1. The second-order valence-electron chi connectivity index (χ2n) is 7.36. The van der Waals surface area contributed by atoms with Gasteiger partial charge in [0.2, 0.25) is 5.78 Å². The van der Waals surface area contributed by atoms with Crippen LogP contribution in [0.1, 0.15) is 27.0 Å². The number of rotatable bonds is 5. The summed E-state index contributed by atoms with van der Waals surface area (Å²) in [5, 5.41) is 0. The first-order chi connectivity index (χ1) is 14.0. The molecule has 4 rings (SSSR count). The summed E-state index contributed by atoms with van der Waals surface area (Å²) in [6, 6.07) is 21.5. The lowest BCUT2D eigenvalue weighted by molar-refractivity contribution is 0.101. The Hall–Kier alpha value is -3.53. The lowest BCUT2D eigenvalue weighted by atomic mass is 10.1.